The van der Waals surface area contributed by atoms with Crippen molar-refractivity contribution in [1.82, 2.24) is 4.57 Å². The molecule has 1 N–H and O–H groups in total. The molecule has 3 aromatic rings. The molecule has 1 aromatic heterocycles. The largest absolute Gasteiger partial charge is 0.507 e. The fraction of sp³-hybridized carbons (Fsp3) is 0.240. The Morgan fingerprint density at radius 2 is 1.97 bits per heavy atom. The minimum atomic E-state index is -0.693. The molecule has 7 nitrogen and oxygen atoms in total. The van der Waals surface area contributed by atoms with Crippen LogP contribution in [0.4, 0.5) is 5.69 Å². The fourth-order valence-electron chi connectivity index (χ4n) is 3.84. The maximum Gasteiger partial charge on any atom is 0.338 e. The number of hydrogen-bond acceptors (Lipinski definition) is 7. The van der Waals surface area contributed by atoms with E-state index in [1.807, 2.05) is 43.3 Å². The van der Waals surface area contributed by atoms with E-state index in [1.54, 1.807) is 32.1 Å². The van der Waals surface area contributed by atoms with Gasteiger partial charge in [0.05, 0.1) is 28.5 Å². The monoisotopic (exact) mass is 497 g/mol. The predicted octanol–water partition coefficient (Wildman–Crippen LogP) is 3.22. The van der Waals surface area contributed by atoms with Gasteiger partial charge in [-0.15, -0.1) is 0 Å². The topological polar surface area (TPSA) is 84.1 Å². The number of phenols is 1. The molecule has 0 amide bonds. The van der Waals surface area contributed by atoms with Crippen LogP contribution in [-0.4, -0.2) is 36.3 Å². The van der Waals surface area contributed by atoms with Crippen LogP contribution in [0, 0.1) is 0 Å². The number of esters is 1. The Hall–Kier alpha value is -3.36. The van der Waals surface area contributed by atoms with Crippen molar-refractivity contribution in [3.8, 4) is 5.75 Å². The van der Waals surface area contributed by atoms with Crippen LogP contribution >= 0.6 is 22.9 Å². The minimum absolute atomic E-state index is 0.00875. The van der Waals surface area contributed by atoms with Crippen LogP contribution in [-0.2, 0) is 9.53 Å². The van der Waals surface area contributed by atoms with Crippen molar-refractivity contribution >= 4 is 40.7 Å². The number of thiazole rings is 1. The van der Waals surface area contributed by atoms with Crippen LogP contribution in [0.2, 0.25) is 5.02 Å². The number of carbonyl (C=O) groups is 1. The van der Waals surface area contributed by atoms with E-state index in [9.17, 15) is 14.7 Å². The summed E-state index contributed by atoms with van der Waals surface area (Å²) in [6, 6.07) is 11.6. The number of phenolic OH excluding ortho intramolecular Hbond substituents is 1. The first-order chi connectivity index (χ1) is 16.2. The average molecular weight is 498 g/mol. The highest BCUT2D eigenvalue weighted by Gasteiger charge is 2.33. The lowest BCUT2D eigenvalue weighted by molar-refractivity contribution is -0.139. The zero-order valence-corrected chi connectivity index (χ0v) is 20.8. The van der Waals surface area contributed by atoms with E-state index in [2.05, 4.69) is 4.99 Å². The van der Waals surface area contributed by atoms with Gasteiger partial charge in [0.15, 0.2) is 4.80 Å². The number of hydrogen-bond donors (Lipinski definition) is 1. The van der Waals surface area contributed by atoms with Crippen LogP contribution in [0.5, 0.6) is 5.75 Å². The van der Waals surface area contributed by atoms with Gasteiger partial charge in [-0.3, -0.25) is 9.36 Å². The van der Waals surface area contributed by atoms with E-state index < -0.39 is 12.0 Å². The van der Waals surface area contributed by atoms with Gasteiger partial charge in [0.1, 0.15) is 5.75 Å². The lowest BCUT2D eigenvalue weighted by Crippen LogP contribution is -2.39. The molecule has 1 aliphatic rings. The molecule has 0 aliphatic carbocycles. The van der Waals surface area contributed by atoms with E-state index in [1.165, 1.54) is 22.0 Å². The van der Waals surface area contributed by atoms with Crippen molar-refractivity contribution in [3.05, 3.63) is 89.6 Å². The molecule has 2 aromatic carbocycles. The van der Waals surface area contributed by atoms with Crippen LogP contribution in [0.25, 0.3) is 6.08 Å². The number of allylic oxidation sites excluding steroid dienone is 1. The standard InChI is InChI=1S/C25H24ClN3O4S/c1-5-33-24(32)21-14(2)27-25-29(22(21)15-6-9-18(10-7-15)28(3)4)23(31)20(34-25)13-16-12-17(26)8-11-19(16)30/h6-13,22,30H,5H2,1-4H3/b20-13+. The number of halogens is 1. The minimum Gasteiger partial charge on any atom is -0.507 e. The fourth-order valence-corrected chi connectivity index (χ4v) is 5.06. The Kier molecular flexibility index (Phi) is 6.63. The number of anilines is 1. The third-order valence-corrected chi connectivity index (χ3v) is 6.74. The van der Waals surface area contributed by atoms with Crippen LogP contribution in [0.15, 0.2) is 63.5 Å². The summed E-state index contributed by atoms with van der Waals surface area (Å²) in [7, 11) is 3.88. The summed E-state index contributed by atoms with van der Waals surface area (Å²) in [5.74, 6) is -0.498. The van der Waals surface area contributed by atoms with Crippen LogP contribution in [0.3, 0.4) is 0 Å². The van der Waals surface area contributed by atoms with Crippen molar-refractivity contribution in [3.63, 3.8) is 0 Å². The molecule has 1 unspecified atom stereocenters. The molecule has 0 saturated heterocycles. The number of nitrogens with zero attached hydrogens (tertiary/aromatic N) is 3. The molecule has 4 rings (SSSR count). The number of ether oxygens (including phenoxy) is 1. The molecule has 176 valence electrons. The number of rotatable bonds is 5. The Balaban J connectivity index is 1.95. The summed E-state index contributed by atoms with van der Waals surface area (Å²) in [6.45, 7) is 3.69. The van der Waals surface area contributed by atoms with Gasteiger partial charge in [-0.25, -0.2) is 9.79 Å². The van der Waals surface area contributed by atoms with Gasteiger partial charge in [0.2, 0.25) is 0 Å². The van der Waals surface area contributed by atoms with Gasteiger partial charge < -0.3 is 14.7 Å². The highest BCUT2D eigenvalue weighted by atomic mass is 35.5. The molecule has 0 spiro atoms. The molecule has 0 fully saturated rings. The first-order valence-electron chi connectivity index (χ1n) is 10.7. The van der Waals surface area contributed by atoms with E-state index in [-0.39, 0.29) is 17.9 Å². The van der Waals surface area contributed by atoms with Crippen molar-refractivity contribution in [2.45, 2.75) is 19.9 Å². The van der Waals surface area contributed by atoms with Gasteiger partial charge >= 0.3 is 5.97 Å². The lowest BCUT2D eigenvalue weighted by Gasteiger charge is -2.25. The first-order valence-corrected chi connectivity index (χ1v) is 11.9. The summed E-state index contributed by atoms with van der Waals surface area (Å²) in [6.07, 6.45) is 1.58. The number of aromatic hydroxyl groups is 1. The number of benzene rings is 2. The van der Waals surface area contributed by atoms with Gasteiger partial charge in [0, 0.05) is 30.4 Å². The van der Waals surface area contributed by atoms with Gasteiger partial charge in [-0.05, 0) is 55.8 Å². The zero-order chi connectivity index (χ0) is 24.6. The Morgan fingerprint density at radius 1 is 1.26 bits per heavy atom. The lowest BCUT2D eigenvalue weighted by atomic mass is 9.95. The summed E-state index contributed by atoms with van der Waals surface area (Å²) < 4.78 is 7.20. The first kappa shape index (κ1) is 23.8. The van der Waals surface area contributed by atoms with Crippen LogP contribution < -0.4 is 19.8 Å². The second-order valence-electron chi connectivity index (χ2n) is 7.99. The molecular formula is C25H24ClN3O4S. The number of fused-ring (bicyclic) bond motifs is 1. The summed E-state index contributed by atoms with van der Waals surface area (Å²) in [4.78, 5) is 33.5. The smallest absolute Gasteiger partial charge is 0.338 e. The van der Waals surface area contributed by atoms with Gasteiger partial charge in [0.25, 0.3) is 5.56 Å². The van der Waals surface area contributed by atoms with E-state index >= 15 is 0 Å². The SMILES string of the molecule is CCOC(=O)C1=C(C)N=c2s/c(=C/c3cc(Cl)ccc3O)c(=O)n2C1c1ccc(N(C)C)cc1. The molecule has 0 radical (unpaired) electrons. The normalized spacial score (nSPS) is 15.7. The summed E-state index contributed by atoms with van der Waals surface area (Å²) in [5.41, 5.74) is 2.68. The molecule has 1 atom stereocenters. The van der Waals surface area contributed by atoms with E-state index in [0.29, 0.717) is 31.2 Å². The highest BCUT2D eigenvalue weighted by Crippen LogP contribution is 2.31. The Morgan fingerprint density at radius 3 is 2.62 bits per heavy atom. The second kappa shape index (κ2) is 9.48. The predicted molar refractivity (Wildman–Crippen MR) is 134 cm³/mol. The number of carbonyl (C=O) groups excluding carboxylic acids is 1. The van der Waals surface area contributed by atoms with Crippen molar-refractivity contribution in [1.29, 1.82) is 0 Å². The van der Waals surface area contributed by atoms with Crippen LogP contribution in [0.1, 0.15) is 31.0 Å². The maximum absolute atomic E-state index is 13.6. The third-order valence-electron chi connectivity index (χ3n) is 5.52. The van der Waals surface area contributed by atoms with E-state index in [4.69, 9.17) is 16.3 Å². The van der Waals surface area contributed by atoms with Crippen molar-refractivity contribution in [2.75, 3.05) is 25.6 Å². The Bertz CT molecular complexity index is 1470. The molecular weight excluding hydrogens is 474 g/mol. The molecule has 0 bridgehead atoms. The van der Waals surface area contributed by atoms with Gasteiger partial charge in [-0.2, -0.15) is 0 Å². The number of aromatic nitrogens is 1. The van der Waals surface area contributed by atoms with E-state index in [0.717, 1.165) is 11.3 Å². The summed E-state index contributed by atoms with van der Waals surface area (Å²) in [5, 5.41) is 10.7. The molecule has 0 saturated carbocycles. The zero-order valence-electron chi connectivity index (χ0n) is 19.2. The summed E-state index contributed by atoms with van der Waals surface area (Å²) >= 11 is 7.26. The quantitative estimate of drug-likeness (QED) is 0.547. The molecule has 1 aliphatic heterocycles. The molecule has 34 heavy (non-hydrogen) atoms. The second-order valence-corrected chi connectivity index (χ2v) is 9.44. The third kappa shape index (κ3) is 4.38. The van der Waals surface area contributed by atoms with Gasteiger partial charge in [-0.1, -0.05) is 35.1 Å². The molecule has 2 heterocycles. The Labute approximate surface area is 205 Å². The van der Waals surface area contributed by atoms with Crippen molar-refractivity contribution in [2.24, 2.45) is 4.99 Å². The maximum atomic E-state index is 13.6. The highest BCUT2D eigenvalue weighted by molar-refractivity contribution is 7.07. The molecule has 9 heteroatoms. The average Bonchev–Trinajstić information content (AvgIpc) is 3.10. The van der Waals surface area contributed by atoms with Crippen molar-refractivity contribution < 1.29 is 14.6 Å².